The van der Waals surface area contributed by atoms with E-state index in [4.69, 9.17) is 34.0 Å². The van der Waals surface area contributed by atoms with E-state index in [9.17, 15) is 0 Å². The maximum atomic E-state index is 9.10. The average Bonchev–Trinajstić information content (AvgIpc) is 2.56. The fourth-order valence-electron chi connectivity index (χ4n) is 2.00. The van der Waals surface area contributed by atoms with Gasteiger partial charge < -0.3 is 24.4 Å². The van der Waals surface area contributed by atoms with Crippen LogP contribution in [0.3, 0.4) is 0 Å². The maximum Gasteiger partial charge on any atom is 0.414 e. The Balaban J connectivity index is 0.000000379. The number of ether oxygens (including phenoxy) is 3. The molecule has 128 valence electrons. The Kier molecular flexibility index (Phi) is 7.86. The van der Waals surface area contributed by atoms with Crippen molar-refractivity contribution in [3.63, 3.8) is 0 Å². The largest absolute Gasteiger partial charge is 0.493 e. The third-order valence-corrected chi connectivity index (χ3v) is 3.14. The van der Waals surface area contributed by atoms with Crippen molar-refractivity contribution in [3.05, 3.63) is 23.8 Å². The summed E-state index contributed by atoms with van der Waals surface area (Å²) >= 11 is 0. The first-order chi connectivity index (χ1) is 11.0. The van der Waals surface area contributed by atoms with Gasteiger partial charge in [-0.25, -0.2) is 9.59 Å². The van der Waals surface area contributed by atoms with Crippen molar-refractivity contribution in [2.24, 2.45) is 0 Å². The van der Waals surface area contributed by atoms with Gasteiger partial charge in [-0.2, -0.15) is 0 Å². The van der Waals surface area contributed by atoms with Crippen LogP contribution in [0.4, 0.5) is 0 Å². The molecule has 1 heterocycles. The highest BCUT2D eigenvalue weighted by Crippen LogP contribution is 2.28. The number of carbonyl (C=O) groups is 2. The normalized spacial score (nSPS) is 14.3. The molecule has 0 unspecified atom stereocenters. The Hall–Kier alpha value is -2.32. The molecule has 1 aromatic rings. The van der Waals surface area contributed by atoms with Gasteiger partial charge in [-0.05, 0) is 17.7 Å². The fourth-order valence-corrected chi connectivity index (χ4v) is 2.00. The van der Waals surface area contributed by atoms with E-state index in [-0.39, 0.29) is 0 Å². The quantitative estimate of drug-likeness (QED) is 0.778. The second kappa shape index (κ2) is 9.65. The van der Waals surface area contributed by atoms with Crippen LogP contribution in [0.1, 0.15) is 5.56 Å². The average molecular weight is 327 g/mol. The number of hydrogen-bond donors (Lipinski definition) is 2. The van der Waals surface area contributed by atoms with Crippen molar-refractivity contribution in [1.82, 2.24) is 4.90 Å². The highest BCUT2D eigenvalue weighted by atomic mass is 16.5. The molecule has 0 bridgehead atoms. The SMILES string of the molecule is COc1ccc(CN2CCOCC2)cc1OC.O=C(O)C(=O)O. The number of aliphatic carboxylic acids is 2. The van der Waals surface area contributed by atoms with Crippen molar-refractivity contribution < 1.29 is 34.0 Å². The zero-order valence-corrected chi connectivity index (χ0v) is 13.2. The van der Waals surface area contributed by atoms with Gasteiger partial charge in [-0.1, -0.05) is 6.07 Å². The standard InChI is InChI=1S/C13H19NO3.C2H2O4/c1-15-12-4-3-11(9-13(12)16-2)10-14-5-7-17-8-6-14;3-1(4)2(5)6/h3-4,9H,5-8,10H2,1-2H3;(H,3,4)(H,5,6). The van der Waals surface area contributed by atoms with E-state index in [1.54, 1.807) is 14.2 Å². The number of rotatable bonds is 4. The van der Waals surface area contributed by atoms with Gasteiger partial charge in [0.25, 0.3) is 0 Å². The molecule has 1 aliphatic rings. The van der Waals surface area contributed by atoms with Gasteiger partial charge in [0.15, 0.2) is 11.5 Å². The van der Waals surface area contributed by atoms with Crippen molar-refractivity contribution in [3.8, 4) is 11.5 Å². The van der Waals surface area contributed by atoms with Crippen LogP contribution in [0.2, 0.25) is 0 Å². The van der Waals surface area contributed by atoms with Gasteiger partial charge in [-0.15, -0.1) is 0 Å². The zero-order chi connectivity index (χ0) is 17.2. The number of carboxylic acid groups (broad SMARTS) is 2. The first kappa shape index (κ1) is 18.7. The minimum absolute atomic E-state index is 0.776. The van der Waals surface area contributed by atoms with E-state index in [0.717, 1.165) is 44.3 Å². The van der Waals surface area contributed by atoms with Crippen LogP contribution in [-0.2, 0) is 20.9 Å². The Morgan fingerprint density at radius 2 is 1.65 bits per heavy atom. The molecular formula is C15H21NO7. The first-order valence-corrected chi connectivity index (χ1v) is 6.95. The van der Waals surface area contributed by atoms with Crippen LogP contribution in [0.25, 0.3) is 0 Å². The molecule has 1 saturated heterocycles. The Morgan fingerprint density at radius 3 is 2.13 bits per heavy atom. The van der Waals surface area contributed by atoms with Crippen LogP contribution in [0.5, 0.6) is 11.5 Å². The molecule has 0 spiro atoms. The number of carboxylic acids is 2. The molecule has 0 aromatic heterocycles. The van der Waals surface area contributed by atoms with Gasteiger partial charge in [-0.3, -0.25) is 4.90 Å². The summed E-state index contributed by atoms with van der Waals surface area (Å²) in [6, 6.07) is 6.07. The molecule has 2 N–H and O–H groups in total. The van der Waals surface area contributed by atoms with Gasteiger partial charge in [0.05, 0.1) is 27.4 Å². The Morgan fingerprint density at radius 1 is 1.09 bits per heavy atom. The number of hydrogen-bond acceptors (Lipinski definition) is 6. The molecule has 23 heavy (non-hydrogen) atoms. The first-order valence-electron chi connectivity index (χ1n) is 6.95. The topological polar surface area (TPSA) is 106 Å². The van der Waals surface area contributed by atoms with E-state index in [1.165, 1.54) is 5.56 Å². The predicted molar refractivity (Wildman–Crippen MR) is 80.9 cm³/mol. The number of nitrogens with zero attached hydrogens (tertiary/aromatic N) is 1. The third kappa shape index (κ3) is 6.54. The fraction of sp³-hybridized carbons (Fsp3) is 0.467. The summed E-state index contributed by atoms with van der Waals surface area (Å²) in [5.41, 5.74) is 1.24. The van der Waals surface area contributed by atoms with Crippen molar-refractivity contribution in [2.75, 3.05) is 40.5 Å². The van der Waals surface area contributed by atoms with Crippen LogP contribution < -0.4 is 9.47 Å². The summed E-state index contributed by atoms with van der Waals surface area (Å²) in [6.45, 7) is 4.58. The van der Waals surface area contributed by atoms with E-state index < -0.39 is 11.9 Å². The molecular weight excluding hydrogens is 306 g/mol. The summed E-state index contributed by atoms with van der Waals surface area (Å²) in [5, 5.41) is 14.8. The Bertz CT molecular complexity index is 515. The molecule has 2 rings (SSSR count). The lowest BCUT2D eigenvalue weighted by atomic mass is 10.2. The monoisotopic (exact) mass is 327 g/mol. The lowest BCUT2D eigenvalue weighted by Crippen LogP contribution is -2.35. The highest BCUT2D eigenvalue weighted by molar-refractivity contribution is 6.27. The van der Waals surface area contributed by atoms with Gasteiger partial charge in [0.2, 0.25) is 0 Å². The molecule has 1 aliphatic heterocycles. The molecule has 0 amide bonds. The van der Waals surface area contributed by atoms with Crippen LogP contribution in [0.15, 0.2) is 18.2 Å². The summed E-state index contributed by atoms with van der Waals surface area (Å²) in [5.74, 6) is -2.08. The Labute approximate surface area is 134 Å². The van der Waals surface area contributed by atoms with E-state index >= 15 is 0 Å². The van der Waals surface area contributed by atoms with E-state index in [1.807, 2.05) is 12.1 Å². The second-order valence-electron chi connectivity index (χ2n) is 4.69. The highest BCUT2D eigenvalue weighted by Gasteiger charge is 2.12. The third-order valence-electron chi connectivity index (χ3n) is 3.14. The second-order valence-corrected chi connectivity index (χ2v) is 4.69. The summed E-state index contributed by atoms with van der Waals surface area (Å²) < 4.78 is 15.9. The lowest BCUT2D eigenvalue weighted by Gasteiger charge is -2.26. The van der Waals surface area contributed by atoms with Crippen molar-refractivity contribution in [1.29, 1.82) is 0 Å². The minimum Gasteiger partial charge on any atom is -0.493 e. The molecule has 0 radical (unpaired) electrons. The van der Waals surface area contributed by atoms with Crippen molar-refractivity contribution in [2.45, 2.75) is 6.54 Å². The van der Waals surface area contributed by atoms with Crippen LogP contribution in [-0.4, -0.2) is 67.6 Å². The molecule has 0 saturated carbocycles. The van der Waals surface area contributed by atoms with Gasteiger partial charge >= 0.3 is 11.9 Å². The maximum absolute atomic E-state index is 9.10. The van der Waals surface area contributed by atoms with Gasteiger partial charge in [0, 0.05) is 19.6 Å². The van der Waals surface area contributed by atoms with E-state index in [2.05, 4.69) is 11.0 Å². The predicted octanol–water partition coefficient (Wildman–Crippen LogP) is 0.692. The van der Waals surface area contributed by atoms with Crippen LogP contribution in [0, 0.1) is 0 Å². The van der Waals surface area contributed by atoms with Gasteiger partial charge in [0.1, 0.15) is 0 Å². The molecule has 1 aromatic carbocycles. The summed E-state index contributed by atoms with van der Waals surface area (Å²) in [7, 11) is 3.32. The zero-order valence-electron chi connectivity index (χ0n) is 13.2. The number of morpholine rings is 1. The molecule has 0 atom stereocenters. The number of benzene rings is 1. The molecule has 8 nitrogen and oxygen atoms in total. The minimum atomic E-state index is -1.82. The van der Waals surface area contributed by atoms with E-state index in [0.29, 0.717) is 0 Å². The number of methoxy groups -OCH3 is 2. The molecule has 8 heteroatoms. The molecule has 0 aliphatic carbocycles. The summed E-state index contributed by atoms with van der Waals surface area (Å²) in [4.78, 5) is 20.6. The van der Waals surface area contributed by atoms with Crippen LogP contribution >= 0.6 is 0 Å². The van der Waals surface area contributed by atoms with Crippen molar-refractivity contribution >= 4 is 11.9 Å². The molecule has 1 fully saturated rings. The lowest BCUT2D eigenvalue weighted by molar-refractivity contribution is -0.159. The smallest absolute Gasteiger partial charge is 0.414 e. The summed E-state index contributed by atoms with van der Waals surface area (Å²) in [6.07, 6.45) is 0.